The molecule has 1 unspecified atom stereocenters. The Hall–Kier alpha value is -0.650. The van der Waals surface area contributed by atoms with Gasteiger partial charge < -0.3 is 10.6 Å². The molecule has 0 saturated carbocycles. The van der Waals surface area contributed by atoms with E-state index in [4.69, 9.17) is 0 Å². The molecule has 2 heterocycles. The Kier molecular flexibility index (Phi) is 6.05. The molecule has 1 aliphatic rings. The number of halogens is 1. The number of nitrogens with one attached hydrogen (secondary N) is 2. The van der Waals surface area contributed by atoms with Crippen molar-refractivity contribution < 1.29 is 4.79 Å². The molecule has 2 rings (SSSR count). The zero-order valence-corrected chi connectivity index (χ0v) is 12.4. The number of thiazole rings is 1. The van der Waals surface area contributed by atoms with Crippen LogP contribution in [0.15, 0.2) is 5.38 Å². The van der Waals surface area contributed by atoms with Crippen molar-refractivity contribution in [2.24, 2.45) is 0 Å². The van der Waals surface area contributed by atoms with Crippen molar-refractivity contribution in [3.63, 3.8) is 0 Å². The van der Waals surface area contributed by atoms with Gasteiger partial charge in [0.15, 0.2) is 5.13 Å². The third-order valence-electron chi connectivity index (χ3n) is 2.95. The largest absolute Gasteiger partial charge is 0.313 e. The van der Waals surface area contributed by atoms with Crippen LogP contribution in [0, 0.1) is 0 Å². The first-order chi connectivity index (χ1) is 8.15. The van der Waals surface area contributed by atoms with E-state index in [1.54, 1.807) is 0 Å². The lowest BCUT2D eigenvalue weighted by atomic mass is 10.1. The van der Waals surface area contributed by atoms with E-state index in [-0.39, 0.29) is 18.3 Å². The topological polar surface area (TPSA) is 54.0 Å². The number of hydrogen-bond donors (Lipinski definition) is 2. The van der Waals surface area contributed by atoms with E-state index in [2.05, 4.69) is 29.5 Å². The molecule has 0 radical (unpaired) electrons. The van der Waals surface area contributed by atoms with Crippen molar-refractivity contribution in [1.29, 1.82) is 0 Å². The van der Waals surface area contributed by atoms with Gasteiger partial charge in [0.1, 0.15) is 0 Å². The Labute approximate surface area is 118 Å². The molecule has 1 fully saturated rings. The molecule has 0 aromatic carbocycles. The first-order valence-electron chi connectivity index (χ1n) is 6.14. The zero-order valence-electron chi connectivity index (χ0n) is 10.7. The van der Waals surface area contributed by atoms with Gasteiger partial charge in [0.25, 0.3) is 0 Å². The molecule has 2 N–H and O–H groups in total. The van der Waals surface area contributed by atoms with Crippen LogP contribution in [0.5, 0.6) is 0 Å². The number of hydrogen-bond acceptors (Lipinski definition) is 4. The van der Waals surface area contributed by atoms with E-state index in [0.29, 0.717) is 18.4 Å². The van der Waals surface area contributed by atoms with E-state index < -0.39 is 0 Å². The molecule has 0 bridgehead atoms. The molecular formula is C12H20ClN3OS. The van der Waals surface area contributed by atoms with Crippen LogP contribution in [0.4, 0.5) is 5.13 Å². The van der Waals surface area contributed by atoms with Gasteiger partial charge in [-0.25, -0.2) is 4.98 Å². The van der Waals surface area contributed by atoms with E-state index in [9.17, 15) is 4.79 Å². The van der Waals surface area contributed by atoms with Gasteiger partial charge in [-0.05, 0) is 25.3 Å². The summed E-state index contributed by atoms with van der Waals surface area (Å²) in [6.45, 7) is 5.24. The summed E-state index contributed by atoms with van der Waals surface area (Å²) in [5.74, 6) is 0.474. The Balaban J connectivity index is 0.00000162. The molecule has 1 aromatic rings. The van der Waals surface area contributed by atoms with Crippen LogP contribution in [0.1, 0.15) is 44.7 Å². The average molecular weight is 290 g/mol. The number of aromatic nitrogens is 1. The van der Waals surface area contributed by atoms with Crippen molar-refractivity contribution in [2.45, 2.75) is 45.1 Å². The maximum atomic E-state index is 11.8. The molecule has 1 saturated heterocycles. The minimum atomic E-state index is 0. The Morgan fingerprint density at radius 1 is 1.67 bits per heavy atom. The van der Waals surface area contributed by atoms with Crippen molar-refractivity contribution in [2.75, 3.05) is 11.9 Å². The second kappa shape index (κ2) is 7.07. The molecule has 6 heteroatoms. The van der Waals surface area contributed by atoms with Crippen molar-refractivity contribution in [1.82, 2.24) is 10.3 Å². The fourth-order valence-electron chi connectivity index (χ4n) is 1.93. The predicted molar refractivity (Wildman–Crippen MR) is 77.7 cm³/mol. The quantitative estimate of drug-likeness (QED) is 0.896. The van der Waals surface area contributed by atoms with Crippen molar-refractivity contribution in [3.8, 4) is 0 Å². The first-order valence-corrected chi connectivity index (χ1v) is 7.02. The van der Waals surface area contributed by atoms with Crippen LogP contribution in [0.3, 0.4) is 0 Å². The molecule has 1 aliphatic heterocycles. The lowest BCUT2D eigenvalue weighted by Crippen LogP contribution is -2.27. The Morgan fingerprint density at radius 2 is 2.44 bits per heavy atom. The van der Waals surface area contributed by atoms with Gasteiger partial charge >= 0.3 is 0 Å². The highest BCUT2D eigenvalue weighted by molar-refractivity contribution is 7.13. The van der Waals surface area contributed by atoms with Gasteiger partial charge in [0, 0.05) is 17.8 Å². The van der Waals surface area contributed by atoms with Crippen LogP contribution in [-0.2, 0) is 4.79 Å². The summed E-state index contributed by atoms with van der Waals surface area (Å²) in [5.41, 5.74) is 1.05. The van der Waals surface area contributed by atoms with Gasteiger partial charge in [-0.2, -0.15) is 0 Å². The second-order valence-corrected chi connectivity index (χ2v) is 5.64. The smallest absolute Gasteiger partial charge is 0.227 e. The van der Waals surface area contributed by atoms with E-state index >= 15 is 0 Å². The maximum Gasteiger partial charge on any atom is 0.227 e. The SMILES string of the molecule is CC(C)c1csc(NC(=O)CC2CCCN2)n1.Cl. The lowest BCUT2D eigenvalue weighted by Gasteiger charge is -2.08. The van der Waals surface area contributed by atoms with Crippen LogP contribution in [0.2, 0.25) is 0 Å². The van der Waals surface area contributed by atoms with Gasteiger partial charge in [-0.3, -0.25) is 4.79 Å². The minimum absolute atomic E-state index is 0. The molecule has 18 heavy (non-hydrogen) atoms. The van der Waals surface area contributed by atoms with Crippen LogP contribution in [0.25, 0.3) is 0 Å². The third-order valence-corrected chi connectivity index (χ3v) is 3.73. The molecule has 1 amide bonds. The van der Waals surface area contributed by atoms with E-state index in [1.165, 1.54) is 17.8 Å². The normalized spacial score (nSPS) is 18.7. The monoisotopic (exact) mass is 289 g/mol. The standard InChI is InChI=1S/C12H19N3OS.ClH/c1-8(2)10-7-17-12(14-10)15-11(16)6-9-4-3-5-13-9;/h7-9,13H,3-6H2,1-2H3,(H,14,15,16);1H. The first kappa shape index (κ1) is 15.4. The number of anilines is 1. The summed E-state index contributed by atoms with van der Waals surface area (Å²) in [4.78, 5) is 16.2. The summed E-state index contributed by atoms with van der Waals surface area (Å²) in [6.07, 6.45) is 2.83. The second-order valence-electron chi connectivity index (χ2n) is 4.78. The van der Waals surface area contributed by atoms with Gasteiger partial charge in [-0.15, -0.1) is 23.7 Å². The van der Waals surface area contributed by atoms with Crippen LogP contribution in [-0.4, -0.2) is 23.5 Å². The minimum Gasteiger partial charge on any atom is -0.313 e. The summed E-state index contributed by atoms with van der Waals surface area (Å²) in [6, 6.07) is 0.347. The zero-order chi connectivity index (χ0) is 12.3. The number of rotatable bonds is 4. The number of nitrogens with zero attached hydrogens (tertiary/aromatic N) is 1. The van der Waals surface area contributed by atoms with Crippen LogP contribution < -0.4 is 10.6 Å². The summed E-state index contributed by atoms with van der Waals surface area (Å²) in [7, 11) is 0. The average Bonchev–Trinajstić information content (AvgIpc) is 2.88. The highest BCUT2D eigenvalue weighted by atomic mass is 35.5. The number of carbonyl (C=O) groups excluding carboxylic acids is 1. The van der Waals surface area contributed by atoms with Crippen molar-refractivity contribution >= 4 is 34.8 Å². The third kappa shape index (κ3) is 4.23. The molecule has 4 nitrogen and oxygen atoms in total. The highest BCUT2D eigenvalue weighted by Crippen LogP contribution is 2.21. The molecular weight excluding hydrogens is 270 g/mol. The molecule has 0 aliphatic carbocycles. The predicted octanol–water partition coefficient (Wildman–Crippen LogP) is 2.77. The molecule has 0 spiro atoms. The fraction of sp³-hybridized carbons (Fsp3) is 0.667. The van der Waals surface area contributed by atoms with Crippen LogP contribution >= 0.6 is 23.7 Å². The molecule has 1 atom stereocenters. The number of carbonyl (C=O) groups is 1. The van der Waals surface area contributed by atoms with Gasteiger partial charge in [-0.1, -0.05) is 13.8 Å². The summed E-state index contributed by atoms with van der Waals surface area (Å²) < 4.78 is 0. The summed E-state index contributed by atoms with van der Waals surface area (Å²) in [5, 5.41) is 8.92. The molecule has 102 valence electrons. The Morgan fingerprint density at radius 3 is 3.00 bits per heavy atom. The number of amides is 1. The van der Waals surface area contributed by atoms with E-state index in [1.807, 2.05) is 5.38 Å². The van der Waals surface area contributed by atoms with Crippen molar-refractivity contribution in [3.05, 3.63) is 11.1 Å². The summed E-state index contributed by atoms with van der Waals surface area (Å²) >= 11 is 1.50. The van der Waals surface area contributed by atoms with Gasteiger partial charge in [0.2, 0.25) is 5.91 Å². The van der Waals surface area contributed by atoms with E-state index in [0.717, 1.165) is 23.8 Å². The fourth-order valence-corrected chi connectivity index (χ4v) is 2.82. The highest BCUT2D eigenvalue weighted by Gasteiger charge is 2.18. The molecule has 1 aromatic heterocycles. The Bertz CT molecular complexity index is 388. The van der Waals surface area contributed by atoms with Gasteiger partial charge in [0.05, 0.1) is 5.69 Å². The maximum absolute atomic E-state index is 11.8. The lowest BCUT2D eigenvalue weighted by molar-refractivity contribution is -0.116.